The number of nitrogens with zero attached hydrogens (tertiary/aromatic N) is 1. The van der Waals surface area contributed by atoms with E-state index in [0.29, 0.717) is 42.5 Å². The summed E-state index contributed by atoms with van der Waals surface area (Å²) in [5.41, 5.74) is 4.29. The van der Waals surface area contributed by atoms with Crippen molar-refractivity contribution in [2.75, 3.05) is 34.5 Å². The predicted octanol–water partition coefficient (Wildman–Crippen LogP) is 4.42. The zero-order valence-electron chi connectivity index (χ0n) is 18.3. The highest BCUT2D eigenvalue weighted by Gasteiger charge is 2.43. The molecule has 1 aromatic carbocycles. The molecule has 1 aliphatic heterocycles. The number of ketones is 2. The highest BCUT2D eigenvalue weighted by molar-refractivity contribution is 6.32. The highest BCUT2D eigenvalue weighted by atomic mass is 35.5. The van der Waals surface area contributed by atoms with Crippen molar-refractivity contribution >= 4 is 23.2 Å². The molecule has 0 saturated heterocycles. The van der Waals surface area contributed by atoms with Gasteiger partial charge in [-0.15, -0.1) is 0 Å². The van der Waals surface area contributed by atoms with Crippen LogP contribution in [0.3, 0.4) is 0 Å². The van der Waals surface area contributed by atoms with Crippen LogP contribution in [0.25, 0.3) is 0 Å². The van der Waals surface area contributed by atoms with Gasteiger partial charge in [0.05, 0.1) is 25.8 Å². The van der Waals surface area contributed by atoms with Crippen molar-refractivity contribution in [1.29, 1.82) is 0 Å². The number of hydrogen-bond donors (Lipinski definition) is 0. The van der Waals surface area contributed by atoms with Crippen LogP contribution in [0.15, 0.2) is 34.7 Å². The summed E-state index contributed by atoms with van der Waals surface area (Å²) in [4.78, 5) is 28.7. The molecule has 0 amide bonds. The molecule has 0 atom stereocenters. The Morgan fingerprint density at radius 2 is 1.55 bits per heavy atom. The van der Waals surface area contributed by atoms with E-state index >= 15 is 0 Å². The van der Waals surface area contributed by atoms with E-state index in [9.17, 15) is 9.59 Å². The summed E-state index contributed by atoms with van der Waals surface area (Å²) in [5.74, 6) is 0.706. The maximum Gasteiger partial charge on any atom is 0.179 e. The van der Waals surface area contributed by atoms with Crippen molar-refractivity contribution in [3.63, 3.8) is 0 Å². The first-order valence-corrected chi connectivity index (χ1v) is 11.1. The maximum atomic E-state index is 13.2. The Morgan fingerprint density at radius 3 is 2.06 bits per heavy atom. The van der Waals surface area contributed by atoms with Gasteiger partial charge in [-0.2, -0.15) is 0 Å². The normalized spacial score (nSPS) is 19.5. The van der Waals surface area contributed by atoms with Crippen LogP contribution in [0.4, 0.5) is 0 Å². The van der Waals surface area contributed by atoms with Crippen LogP contribution in [0, 0.1) is 0 Å². The number of carbonyl (C=O) groups excluding carboxylic acids is 2. The Balaban J connectivity index is 1.95. The first-order valence-electron chi connectivity index (χ1n) is 10.7. The maximum absolute atomic E-state index is 13.2. The smallest absolute Gasteiger partial charge is 0.179 e. The Hall–Kier alpha value is -2.31. The summed E-state index contributed by atoms with van der Waals surface area (Å²) in [5, 5.41) is 0.398. The third kappa shape index (κ3) is 3.76. The molecule has 0 aromatic heterocycles. The SMILES string of the molecule is COCCN1C2=C(C(=O)CCC2)C(c2cc(Cl)c(OC)c(OC)c2)C2=C1CCCC2=O. The molecule has 0 fully saturated rings. The molecular weight excluding hydrogens is 418 g/mol. The van der Waals surface area contributed by atoms with E-state index in [-0.39, 0.29) is 11.6 Å². The number of ether oxygens (including phenoxy) is 3. The molecule has 166 valence electrons. The van der Waals surface area contributed by atoms with Crippen LogP contribution >= 0.6 is 11.6 Å². The van der Waals surface area contributed by atoms with Crippen LogP contribution in [0.2, 0.25) is 5.02 Å². The molecule has 31 heavy (non-hydrogen) atoms. The molecular formula is C24H28ClNO5. The van der Waals surface area contributed by atoms with Crippen molar-refractivity contribution in [2.45, 2.75) is 44.4 Å². The van der Waals surface area contributed by atoms with Crippen LogP contribution < -0.4 is 9.47 Å². The monoisotopic (exact) mass is 445 g/mol. The van der Waals surface area contributed by atoms with Crippen LogP contribution in [-0.2, 0) is 14.3 Å². The third-order valence-electron chi connectivity index (χ3n) is 6.39. The average Bonchev–Trinajstić information content (AvgIpc) is 2.76. The van der Waals surface area contributed by atoms with Crippen molar-refractivity contribution in [2.24, 2.45) is 0 Å². The summed E-state index contributed by atoms with van der Waals surface area (Å²) >= 11 is 6.52. The quantitative estimate of drug-likeness (QED) is 0.646. The molecule has 0 bridgehead atoms. The minimum atomic E-state index is -0.429. The van der Waals surface area contributed by atoms with Crippen molar-refractivity contribution in [3.05, 3.63) is 45.3 Å². The first kappa shape index (κ1) is 21.9. The fourth-order valence-electron chi connectivity index (χ4n) is 5.11. The lowest BCUT2D eigenvalue weighted by Crippen LogP contribution is -2.40. The summed E-state index contributed by atoms with van der Waals surface area (Å²) in [7, 11) is 4.76. The van der Waals surface area contributed by atoms with Gasteiger partial charge in [0.15, 0.2) is 23.1 Å². The fourth-order valence-corrected chi connectivity index (χ4v) is 5.40. The lowest BCUT2D eigenvalue weighted by molar-refractivity contribution is -0.117. The second kappa shape index (κ2) is 9.05. The van der Waals surface area contributed by atoms with Crippen LogP contribution in [0.5, 0.6) is 11.5 Å². The van der Waals surface area contributed by atoms with Crippen molar-refractivity contribution < 1.29 is 23.8 Å². The third-order valence-corrected chi connectivity index (χ3v) is 6.68. The van der Waals surface area contributed by atoms with E-state index < -0.39 is 5.92 Å². The number of rotatable bonds is 6. The van der Waals surface area contributed by atoms with E-state index in [4.69, 9.17) is 25.8 Å². The standard InChI is InChI=1S/C24H28ClNO5/c1-29-11-10-26-16-6-4-8-18(27)22(16)21(23-17(26)7-5-9-19(23)28)14-12-15(25)24(31-3)20(13-14)30-2/h12-13,21H,4-11H2,1-3H3. The largest absolute Gasteiger partial charge is 0.493 e. The molecule has 7 heteroatoms. The van der Waals surface area contributed by atoms with Gasteiger partial charge in [-0.25, -0.2) is 0 Å². The molecule has 0 radical (unpaired) electrons. The van der Waals surface area contributed by atoms with Gasteiger partial charge in [0.1, 0.15) is 0 Å². The zero-order valence-corrected chi connectivity index (χ0v) is 19.0. The van der Waals surface area contributed by atoms with E-state index in [0.717, 1.165) is 53.8 Å². The first-order chi connectivity index (χ1) is 15.0. The van der Waals surface area contributed by atoms with Crippen LogP contribution in [-0.4, -0.2) is 50.9 Å². The Morgan fingerprint density at radius 1 is 0.935 bits per heavy atom. The molecule has 1 heterocycles. The fraction of sp³-hybridized carbons (Fsp3) is 0.500. The van der Waals surface area contributed by atoms with Gasteiger partial charge in [-0.3, -0.25) is 9.59 Å². The lowest BCUT2D eigenvalue weighted by atomic mass is 9.71. The molecule has 3 aliphatic rings. The van der Waals surface area contributed by atoms with E-state index in [1.807, 2.05) is 6.07 Å². The highest BCUT2D eigenvalue weighted by Crippen LogP contribution is 2.50. The molecule has 0 spiro atoms. The average molecular weight is 446 g/mol. The Labute approximate surface area is 187 Å². The molecule has 2 aliphatic carbocycles. The number of benzene rings is 1. The molecule has 1 aromatic rings. The second-order valence-electron chi connectivity index (χ2n) is 8.09. The van der Waals surface area contributed by atoms with E-state index in [1.54, 1.807) is 20.3 Å². The van der Waals surface area contributed by atoms with E-state index in [2.05, 4.69) is 4.90 Å². The van der Waals surface area contributed by atoms with Gasteiger partial charge in [0.2, 0.25) is 0 Å². The minimum Gasteiger partial charge on any atom is -0.493 e. The van der Waals surface area contributed by atoms with Gasteiger partial charge in [0.25, 0.3) is 0 Å². The number of halogens is 1. The van der Waals surface area contributed by atoms with Crippen molar-refractivity contribution in [3.8, 4) is 11.5 Å². The van der Waals surface area contributed by atoms with E-state index in [1.165, 1.54) is 7.11 Å². The lowest BCUT2D eigenvalue weighted by Gasteiger charge is -2.44. The summed E-state index contributed by atoms with van der Waals surface area (Å²) in [6.45, 7) is 1.16. The molecule has 0 unspecified atom stereocenters. The topological polar surface area (TPSA) is 65.1 Å². The second-order valence-corrected chi connectivity index (χ2v) is 8.50. The van der Waals surface area contributed by atoms with Gasteiger partial charge in [-0.05, 0) is 43.4 Å². The molecule has 0 saturated carbocycles. The zero-order chi connectivity index (χ0) is 22.1. The number of methoxy groups -OCH3 is 3. The van der Waals surface area contributed by atoms with Gasteiger partial charge in [0, 0.05) is 55.0 Å². The van der Waals surface area contributed by atoms with Gasteiger partial charge >= 0.3 is 0 Å². The minimum absolute atomic E-state index is 0.101. The van der Waals surface area contributed by atoms with Gasteiger partial charge in [-0.1, -0.05) is 11.6 Å². The van der Waals surface area contributed by atoms with Gasteiger partial charge < -0.3 is 19.1 Å². The number of Topliss-reactive ketones (excluding diaryl/α,β-unsaturated/α-hetero) is 2. The molecule has 0 N–H and O–H groups in total. The van der Waals surface area contributed by atoms with Crippen LogP contribution in [0.1, 0.15) is 50.0 Å². The molecule has 6 nitrogen and oxygen atoms in total. The summed E-state index contributed by atoms with van der Waals surface area (Å²) in [6, 6.07) is 3.65. The number of hydrogen-bond acceptors (Lipinski definition) is 6. The summed E-state index contributed by atoms with van der Waals surface area (Å²) < 4.78 is 16.2. The number of allylic oxidation sites excluding steroid dienone is 4. The number of carbonyl (C=O) groups is 2. The Bertz CT molecular complexity index is 936. The Kier molecular flexibility index (Phi) is 6.39. The van der Waals surface area contributed by atoms with Crippen molar-refractivity contribution in [1.82, 2.24) is 4.90 Å². The molecule has 4 rings (SSSR count). The summed E-state index contributed by atoms with van der Waals surface area (Å²) in [6.07, 6.45) is 4.24. The predicted molar refractivity (Wildman–Crippen MR) is 118 cm³/mol.